The van der Waals surface area contributed by atoms with Crippen LogP contribution in [0.25, 0.3) is 0 Å². The molecule has 0 radical (unpaired) electrons. The van der Waals surface area contributed by atoms with Crippen molar-refractivity contribution in [2.24, 2.45) is 41.4 Å². The summed E-state index contributed by atoms with van der Waals surface area (Å²) in [5, 5.41) is 3.45. The number of imide groups is 1. The molecule has 1 saturated heterocycles. The summed E-state index contributed by atoms with van der Waals surface area (Å²) in [4.78, 5) is 40.8. The molecule has 6 aliphatic rings. The van der Waals surface area contributed by atoms with Gasteiger partial charge in [0.05, 0.1) is 22.5 Å². The number of halogens is 1. The molecule has 1 aliphatic heterocycles. The summed E-state index contributed by atoms with van der Waals surface area (Å²) in [6, 6.07) is 7.16. The van der Waals surface area contributed by atoms with Gasteiger partial charge in [0.1, 0.15) is 0 Å². The fourth-order valence-electron chi connectivity index (χ4n) is 6.73. The first-order chi connectivity index (χ1) is 14.5. The van der Waals surface area contributed by atoms with Gasteiger partial charge in [0.2, 0.25) is 17.7 Å². The molecular weight excluding hydrogens is 400 g/mol. The molecule has 2 bridgehead atoms. The van der Waals surface area contributed by atoms with Gasteiger partial charge in [-0.15, -0.1) is 0 Å². The number of anilines is 1. The summed E-state index contributed by atoms with van der Waals surface area (Å²) < 4.78 is 0. The first-order valence-electron chi connectivity index (χ1n) is 11.1. The number of rotatable bonds is 3. The largest absolute Gasteiger partial charge is 0.325 e. The van der Waals surface area contributed by atoms with Crippen LogP contribution < -0.4 is 5.32 Å². The maximum Gasteiger partial charge on any atom is 0.233 e. The molecule has 1 N–H and O–H groups in total. The lowest BCUT2D eigenvalue weighted by molar-refractivity contribution is -0.144. The SMILES string of the molecule is O=C(Nc1ccccc1Cl)C1CCC(N2C(=O)[C@@H]3[C@H]4C=C[C@@H]([C@@H]5C[C@H]45)[C@H]3C2=O)CC1. The summed E-state index contributed by atoms with van der Waals surface area (Å²) in [6.45, 7) is 0. The first kappa shape index (κ1) is 18.6. The summed E-state index contributed by atoms with van der Waals surface area (Å²) in [6.07, 6.45) is 8.38. The molecule has 156 valence electrons. The van der Waals surface area contributed by atoms with Gasteiger partial charge in [-0.1, -0.05) is 35.9 Å². The number of nitrogens with zero attached hydrogens (tertiary/aromatic N) is 1. The summed E-state index contributed by atoms with van der Waals surface area (Å²) in [7, 11) is 0. The Balaban J connectivity index is 1.12. The lowest BCUT2D eigenvalue weighted by atomic mass is 9.63. The molecule has 3 saturated carbocycles. The second-order valence-corrected chi connectivity index (χ2v) is 10.1. The minimum Gasteiger partial charge on any atom is -0.325 e. The highest BCUT2D eigenvalue weighted by Gasteiger charge is 2.67. The predicted octanol–water partition coefficient (Wildman–Crippen LogP) is 3.89. The van der Waals surface area contributed by atoms with E-state index < -0.39 is 0 Å². The summed E-state index contributed by atoms with van der Waals surface area (Å²) in [5.74, 6) is 1.50. The van der Waals surface area contributed by atoms with Crippen molar-refractivity contribution in [2.45, 2.75) is 38.1 Å². The topological polar surface area (TPSA) is 66.5 Å². The molecule has 4 fully saturated rings. The van der Waals surface area contributed by atoms with E-state index in [0.717, 1.165) is 0 Å². The number of hydrogen-bond acceptors (Lipinski definition) is 3. The number of para-hydroxylation sites is 1. The average Bonchev–Trinajstić information content (AvgIpc) is 3.53. The number of benzene rings is 1. The molecule has 1 aromatic rings. The van der Waals surface area contributed by atoms with E-state index in [2.05, 4.69) is 17.5 Å². The Hall–Kier alpha value is -2.14. The Morgan fingerprint density at radius 2 is 1.53 bits per heavy atom. The van der Waals surface area contributed by atoms with Crippen LogP contribution in [0.15, 0.2) is 36.4 Å². The molecule has 1 aromatic carbocycles. The van der Waals surface area contributed by atoms with Crippen molar-refractivity contribution in [3.8, 4) is 0 Å². The number of nitrogens with one attached hydrogen (secondary N) is 1. The van der Waals surface area contributed by atoms with E-state index in [1.165, 1.54) is 6.42 Å². The van der Waals surface area contributed by atoms with Crippen molar-refractivity contribution in [3.63, 3.8) is 0 Å². The number of carbonyl (C=O) groups is 3. The van der Waals surface area contributed by atoms with Crippen LogP contribution in [0, 0.1) is 41.4 Å². The Kier molecular flexibility index (Phi) is 4.14. The van der Waals surface area contributed by atoms with Gasteiger partial charge in [-0.25, -0.2) is 0 Å². The third-order valence-corrected chi connectivity index (χ3v) is 8.59. The van der Waals surface area contributed by atoms with E-state index in [-0.39, 0.29) is 53.4 Å². The highest BCUT2D eigenvalue weighted by atomic mass is 35.5. The molecule has 7 rings (SSSR count). The van der Waals surface area contributed by atoms with Gasteiger partial charge in [-0.05, 0) is 67.9 Å². The van der Waals surface area contributed by atoms with E-state index >= 15 is 0 Å². The summed E-state index contributed by atoms with van der Waals surface area (Å²) in [5.41, 5.74) is 0.627. The minimum absolute atomic E-state index is 0.0309. The van der Waals surface area contributed by atoms with Crippen LogP contribution in [0.2, 0.25) is 5.02 Å². The zero-order chi connectivity index (χ0) is 20.6. The lowest BCUT2D eigenvalue weighted by Crippen LogP contribution is -2.44. The fourth-order valence-corrected chi connectivity index (χ4v) is 6.92. The van der Waals surface area contributed by atoms with E-state index in [0.29, 0.717) is 48.2 Å². The molecule has 0 unspecified atom stereocenters. The van der Waals surface area contributed by atoms with Crippen molar-refractivity contribution in [1.82, 2.24) is 4.90 Å². The van der Waals surface area contributed by atoms with Crippen molar-refractivity contribution in [1.29, 1.82) is 0 Å². The molecule has 30 heavy (non-hydrogen) atoms. The average molecular weight is 425 g/mol. The van der Waals surface area contributed by atoms with Gasteiger partial charge < -0.3 is 5.32 Å². The zero-order valence-electron chi connectivity index (χ0n) is 16.7. The van der Waals surface area contributed by atoms with Crippen molar-refractivity contribution >= 4 is 35.0 Å². The highest BCUT2D eigenvalue weighted by Crippen LogP contribution is 2.65. The Bertz CT molecular complexity index is 931. The number of likely N-dealkylation sites (tertiary alicyclic amines) is 1. The molecular formula is C24H25ClN2O3. The molecule has 6 heteroatoms. The van der Waals surface area contributed by atoms with E-state index in [1.54, 1.807) is 17.0 Å². The number of hydrogen-bond donors (Lipinski definition) is 1. The van der Waals surface area contributed by atoms with Crippen LogP contribution in [0.4, 0.5) is 5.69 Å². The number of carbonyl (C=O) groups excluding carboxylic acids is 3. The zero-order valence-corrected chi connectivity index (χ0v) is 17.4. The van der Waals surface area contributed by atoms with Gasteiger partial charge in [-0.3, -0.25) is 19.3 Å². The Labute approximate surface area is 180 Å². The van der Waals surface area contributed by atoms with Gasteiger partial charge >= 0.3 is 0 Å². The highest BCUT2D eigenvalue weighted by molar-refractivity contribution is 6.33. The quantitative estimate of drug-likeness (QED) is 0.591. The maximum absolute atomic E-state index is 13.3. The standard InChI is InChI=1S/C24H25ClN2O3/c25-18-3-1-2-4-19(18)26-22(28)12-5-7-13(8-6-12)27-23(29)20-14-9-10-15(17-11-16(14)17)21(20)24(27)30/h1-4,9-10,12-17,20-21H,5-8,11H2,(H,26,28)/t12?,13?,14-,15-,16-,17+,20+,21+/m0/s1. The van der Waals surface area contributed by atoms with E-state index in [1.807, 2.05) is 12.1 Å². The van der Waals surface area contributed by atoms with E-state index in [9.17, 15) is 14.4 Å². The number of allylic oxidation sites excluding steroid dienone is 2. The molecule has 1 heterocycles. The van der Waals surface area contributed by atoms with Gasteiger partial charge in [-0.2, -0.15) is 0 Å². The third kappa shape index (κ3) is 2.64. The molecule has 5 aliphatic carbocycles. The third-order valence-electron chi connectivity index (χ3n) is 8.26. The lowest BCUT2D eigenvalue weighted by Gasteiger charge is -2.37. The summed E-state index contributed by atoms with van der Waals surface area (Å²) >= 11 is 6.15. The van der Waals surface area contributed by atoms with Crippen LogP contribution in [-0.4, -0.2) is 28.7 Å². The smallest absolute Gasteiger partial charge is 0.233 e. The molecule has 0 aromatic heterocycles. The fraction of sp³-hybridized carbons (Fsp3) is 0.542. The van der Waals surface area contributed by atoms with Gasteiger partial charge in [0.15, 0.2) is 0 Å². The van der Waals surface area contributed by atoms with Crippen LogP contribution in [0.5, 0.6) is 0 Å². The number of amides is 3. The van der Waals surface area contributed by atoms with Gasteiger partial charge in [0.25, 0.3) is 0 Å². The van der Waals surface area contributed by atoms with Crippen molar-refractivity contribution in [3.05, 3.63) is 41.4 Å². The second-order valence-electron chi connectivity index (χ2n) is 9.68. The second kappa shape index (κ2) is 6.68. The molecule has 6 atom stereocenters. The van der Waals surface area contributed by atoms with Crippen LogP contribution in [-0.2, 0) is 14.4 Å². The van der Waals surface area contributed by atoms with Gasteiger partial charge in [0, 0.05) is 12.0 Å². The van der Waals surface area contributed by atoms with Crippen LogP contribution in [0.1, 0.15) is 32.1 Å². The Morgan fingerprint density at radius 3 is 2.13 bits per heavy atom. The van der Waals surface area contributed by atoms with E-state index in [4.69, 9.17) is 11.6 Å². The minimum atomic E-state index is -0.127. The van der Waals surface area contributed by atoms with Crippen molar-refractivity contribution in [2.75, 3.05) is 5.32 Å². The van der Waals surface area contributed by atoms with Crippen LogP contribution >= 0.6 is 11.6 Å². The van der Waals surface area contributed by atoms with Crippen molar-refractivity contribution < 1.29 is 14.4 Å². The predicted molar refractivity (Wildman–Crippen MR) is 112 cm³/mol. The first-order valence-corrected chi connectivity index (χ1v) is 11.5. The normalized spacial score (nSPS) is 40.9. The monoisotopic (exact) mass is 424 g/mol. The Morgan fingerprint density at radius 1 is 0.933 bits per heavy atom. The maximum atomic E-state index is 13.3. The molecule has 5 nitrogen and oxygen atoms in total. The molecule has 3 amide bonds. The van der Waals surface area contributed by atoms with Crippen LogP contribution in [0.3, 0.4) is 0 Å². The molecule has 0 spiro atoms.